The second-order valence-electron chi connectivity index (χ2n) is 1.23. The molecular weight excluding hydrogens is 121 g/mol. The molecule has 0 aliphatic rings. The van der Waals surface area contributed by atoms with Gasteiger partial charge in [0.1, 0.15) is 7.85 Å². The quantitative estimate of drug-likeness (QED) is 0.328. The van der Waals surface area contributed by atoms with Gasteiger partial charge in [-0.3, -0.25) is 9.90 Å². The molecular formula is C4H8BNOS. The van der Waals surface area contributed by atoms with Crippen molar-refractivity contribution in [3.8, 4) is 0 Å². The minimum absolute atomic E-state index is 0.482. The largest absolute Gasteiger partial charge is 0.278 e. The lowest BCUT2D eigenvalue weighted by Gasteiger charge is -2.15. The summed E-state index contributed by atoms with van der Waals surface area (Å²) < 4.78 is 0. The fourth-order valence-corrected chi connectivity index (χ4v) is 0.349. The molecule has 4 heteroatoms. The molecule has 0 amide bonds. The molecule has 0 aromatic heterocycles. The number of hydrogen-bond donors (Lipinski definition) is 1. The van der Waals surface area contributed by atoms with Crippen LogP contribution in [0.25, 0.3) is 0 Å². The maximum Gasteiger partial charge on any atom is 0.142 e. The summed E-state index contributed by atoms with van der Waals surface area (Å²) in [6.07, 6.45) is 0. The Balaban J connectivity index is 3.63. The van der Waals surface area contributed by atoms with E-state index in [-0.39, 0.29) is 0 Å². The Morgan fingerprint density at radius 2 is 2.38 bits per heavy atom. The van der Waals surface area contributed by atoms with Gasteiger partial charge in [0, 0.05) is 7.05 Å². The number of thiol groups is 1. The third kappa shape index (κ3) is 2.28. The van der Waals surface area contributed by atoms with Crippen LogP contribution in [0.4, 0.5) is 0 Å². The standard InChI is InChI=1S/C4H8BNOS/c1-6(7-2)4(5)3-8/h3,8H,1-2H3/b4-3-. The molecule has 0 saturated carbocycles. The summed E-state index contributed by atoms with van der Waals surface area (Å²) in [5.41, 5.74) is 0.482. The van der Waals surface area contributed by atoms with Gasteiger partial charge >= 0.3 is 0 Å². The van der Waals surface area contributed by atoms with Crippen molar-refractivity contribution in [2.45, 2.75) is 0 Å². The monoisotopic (exact) mass is 129 g/mol. The SMILES string of the molecule is [B]/C(=C/S)N(C)OC. The van der Waals surface area contributed by atoms with E-state index in [1.807, 2.05) is 0 Å². The van der Waals surface area contributed by atoms with Crippen LogP contribution in [-0.4, -0.2) is 27.1 Å². The fraction of sp³-hybridized carbons (Fsp3) is 0.500. The highest BCUT2D eigenvalue weighted by Crippen LogP contribution is 1.95. The Kier molecular flexibility index (Phi) is 3.82. The molecule has 0 fully saturated rings. The van der Waals surface area contributed by atoms with Crippen LogP contribution in [-0.2, 0) is 4.84 Å². The van der Waals surface area contributed by atoms with E-state index in [2.05, 4.69) is 12.6 Å². The van der Waals surface area contributed by atoms with Crippen molar-refractivity contribution in [2.75, 3.05) is 14.2 Å². The molecule has 2 radical (unpaired) electrons. The number of rotatable bonds is 2. The van der Waals surface area contributed by atoms with Gasteiger partial charge in [-0.2, -0.15) is 12.6 Å². The Morgan fingerprint density at radius 1 is 1.88 bits per heavy atom. The summed E-state index contributed by atoms with van der Waals surface area (Å²) in [5, 5.41) is 2.87. The van der Waals surface area contributed by atoms with E-state index in [9.17, 15) is 0 Å². The van der Waals surface area contributed by atoms with Crippen LogP contribution in [0.15, 0.2) is 11.0 Å². The summed E-state index contributed by atoms with van der Waals surface area (Å²) in [6.45, 7) is 0. The van der Waals surface area contributed by atoms with E-state index in [0.29, 0.717) is 5.60 Å². The van der Waals surface area contributed by atoms with E-state index in [4.69, 9.17) is 12.7 Å². The highest BCUT2D eigenvalue weighted by atomic mass is 32.1. The molecule has 0 aliphatic heterocycles. The van der Waals surface area contributed by atoms with Crippen LogP contribution in [0.3, 0.4) is 0 Å². The molecule has 0 aromatic rings. The topological polar surface area (TPSA) is 12.5 Å². The summed E-state index contributed by atoms with van der Waals surface area (Å²) in [5.74, 6) is 0. The highest BCUT2D eigenvalue weighted by molar-refractivity contribution is 7.83. The Labute approximate surface area is 56.3 Å². The maximum atomic E-state index is 5.31. The van der Waals surface area contributed by atoms with Gasteiger partial charge in [-0.25, -0.2) is 0 Å². The molecule has 2 nitrogen and oxygen atoms in total. The maximum absolute atomic E-state index is 5.31. The molecule has 0 saturated heterocycles. The van der Waals surface area contributed by atoms with Crippen LogP contribution < -0.4 is 0 Å². The Morgan fingerprint density at radius 3 is 2.50 bits per heavy atom. The second-order valence-corrected chi connectivity index (χ2v) is 1.49. The molecule has 0 aliphatic carbocycles. The molecule has 0 heterocycles. The number of hydrogen-bond acceptors (Lipinski definition) is 3. The van der Waals surface area contributed by atoms with Gasteiger partial charge in [0.25, 0.3) is 0 Å². The molecule has 0 unspecified atom stereocenters. The van der Waals surface area contributed by atoms with E-state index in [0.717, 1.165) is 0 Å². The minimum atomic E-state index is 0.482. The predicted molar refractivity (Wildman–Crippen MR) is 37.6 cm³/mol. The molecule has 0 spiro atoms. The first-order chi connectivity index (χ1) is 3.72. The summed E-state index contributed by atoms with van der Waals surface area (Å²) >= 11 is 3.80. The first-order valence-corrected chi connectivity index (χ1v) is 2.61. The van der Waals surface area contributed by atoms with Crippen molar-refractivity contribution in [3.05, 3.63) is 11.0 Å². The van der Waals surface area contributed by atoms with Crippen molar-refractivity contribution in [1.29, 1.82) is 0 Å². The normalized spacial score (nSPS) is 11.6. The van der Waals surface area contributed by atoms with Gasteiger partial charge < -0.3 is 0 Å². The van der Waals surface area contributed by atoms with Crippen molar-refractivity contribution in [2.24, 2.45) is 0 Å². The molecule has 0 atom stereocenters. The second kappa shape index (κ2) is 3.86. The average Bonchev–Trinajstić information content (AvgIpc) is 1.84. The molecule has 0 aromatic carbocycles. The lowest BCUT2D eigenvalue weighted by Crippen LogP contribution is -2.15. The Bertz CT molecular complexity index is 96.0. The predicted octanol–water partition coefficient (Wildman–Crippen LogP) is 0.377. The minimum Gasteiger partial charge on any atom is -0.278 e. The van der Waals surface area contributed by atoms with Crippen molar-refractivity contribution in [1.82, 2.24) is 5.06 Å². The van der Waals surface area contributed by atoms with E-state index >= 15 is 0 Å². The molecule has 0 rings (SSSR count). The van der Waals surface area contributed by atoms with Gasteiger partial charge in [-0.1, -0.05) is 0 Å². The zero-order valence-electron chi connectivity index (χ0n) is 4.96. The highest BCUT2D eigenvalue weighted by Gasteiger charge is 1.90. The van der Waals surface area contributed by atoms with Crippen LogP contribution in [0.5, 0.6) is 0 Å². The smallest absolute Gasteiger partial charge is 0.142 e. The van der Waals surface area contributed by atoms with Crippen LogP contribution in [0.2, 0.25) is 0 Å². The van der Waals surface area contributed by atoms with Crippen molar-refractivity contribution >= 4 is 20.5 Å². The van der Waals surface area contributed by atoms with E-state index < -0.39 is 0 Å². The van der Waals surface area contributed by atoms with Gasteiger partial charge in [-0.05, 0) is 11.0 Å². The van der Waals surface area contributed by atoms with Crippen LogP contribution in [0, 0.1) is 0 Å². The first-order valence-electron chi connectivity index (χ1n) is 2.10. The zero-order valence-corrected chi connectivity index (χ0v) is 5.85. The van der Waals surface area contributed by atoms with Crippen molar-refractivity contribution in [3.63, 3.8) is 0 Å². The molecule has 0 N–H and O–H groups in total. The third-order valence-electron chi connectivity index (χ3n) is 0.770. The lowest BCUT2D eigenvalue weighted by molar-refractivity contribution is -0.0693. The molecule has 44 valence electrons. The van der Waals surface area contributed by atoms with Gasteiger partial charge in [-0.15, -0.1) is 0 Å². The molecule has 8 heavy (non-hydrogen) atoms. The average molecular weight is 129 g/mol. The van der Waals surface area contributed by atoms with Gasteiger partial charge in [0.2, 0.25) is 0 Å². The first kappa shape index (κ1) is 7.91. The zero-order chi connectivity index (χ0) is 6.57. The number of hydroxylamine groups is 2. The lowest BCUT2D eigenvalue weighted by atomic mass is 10.1. The van der Waals surface area contributed by atoms with Crippen LogP contribution >= 0.6 is 12.6 Å². The summed E-state index contributed by atoms with van der Waals surface area (Å²) in [6, 6.07) is 0. The van der Waals surface area contributed by atoms with Crippen LogP contribution in [0.1, 0.15) is 0 Å². The number of nitrogens with zero attached hydrogens (tertiary/aromatic N) is 1. The summed E-state index contributed by atoms with van der Waals surface area (Å²) in [7, 11) is 8.54. The van der Waals surface area contributed by atoms with Crippen molar-refractivity contribution < 1.29 is 4.84 Å². The molecule has 0 bridgehead atoms. The van der Waals surface area contributed by atoms with Gasteiger partial charge in [0.05, 0.1) is 7.11 Å². The fourth-order valence-electron chi connectivity index (χ4n) is 0.187. The Hall–Kier alpha value is -0.0851. The third-order valence-corrected chi connectivity index (χ3v) is 1.03. The van der Waals surface area contributed by atoms with Gasteiger partial charge in [0.15, 0.2) is 0 Å². The summed E-state index contributed by atoms with van der Waals surface area (Å²) in [4.78, 5) is 4.69. The van der Waals surface area contributed by atoms with E-state index in [1.54, 1.807) is 7.05 Å². The van der Waals surface area contributed by atoms with E-state index in [1.165, 1.54) is 17.6 Å².